The number of fused-ring (bicyclic) bond motifs is 1. The van der Waals surface area contributed by atoms with Crippen LogP contribution in [0.1, 0.15) is 30.7 Å². The van der Waals surface area contributed by atoms with Crippen LogP contribution in [0.4, 0.5) is 0 Å². The lowest BCUT2D eigenvalue weighted by atomic mass is 9.92. The van der Waals surface area contributed by atoms with E-state index in [1.807, 2.05) is 41.3 Å². The van der Waals surface area contributed by atoms with Gasteiger partial charge in [-0.1, -0.05) is 48.5 Å². The number of likely N-dealkylation sites (tertiary alicyclic amines) is 1. The van der Waals surface area contributed by atoms with Crippen LogP contribution in [-0.4, -0.2) is 28.5 Å². The van der Waals surface area contributed by atoms with Crippen LogP contribution in [0.25, 0.3) is 10.8 Å². The molecule has 1 aliphatic rings. The molecule has 0 N–H and O–H groups in total. The maximum atomic E-state index is 12.8. The van der Waals surface area contributed by atoms with Crippen molar-refractivity contribution in [2.45, 2.75) is 31.7 Å². The van der Waals surface area contributed by atoms with Gasteiger partial charge in [0.15, 0.2) is 0 Å². The maximum absolute atomic E-state index is 12.8. The fourth-order valence-corrected chi connectivity index (χ4v) is 4.00. The summed E-state index contributed by atoms with van der Waals surface area (Å²) in [6, 6.07) is 20.0. The molecular weight excluding hydrogens is 336 g/mol. The molecule has 1 fully saturated rings. The van der Waals surface area contributed by atoms with E-state index in [4.69, 9.17) is 0 Å². The Hall–Kier alpha value is -2.88. The van der Waals surface area contributed by atoms with Crippen molar-refractivity contribution < 1.29 is 4.79 Å². The zero-order valence-electron chi connectivity index (χ0n) is 15.4. The molecule has 3 aromatic rings. The second-order valence-electron chi connectivity index (χ2n) is 7.26. The summed E-state index contributed by atoms with van der Waals surface area (Å²) in [7, 11) is 0. The third-order valence-corrected chi connectivity index (χ3v) is 5.54. The van der Waals surface area contributed by atoms with Crippen molar-refractivity contribution in [3.8, 4) is 0 Å². The summed E-state index contributed by atoms with van der Waals surface area (Å²) < 4.78 is 1.53. The number of aromatic nitrogens is 1. The molecule has 1 amide bonds. The van der Waals surface area contributed by atoms with Crippen molar-refractivity contribution >= 4 is 16.7 Å². The molecule has 4 nitrogen and oxygen atoms in total. The first-order valence-electron chi connectivity index (χ1n) is 9.63. The Labute approximate surface area is 159 Å². The Morgan fingerprint density at radius 1 is 0.926 bits per heavy atom. The molecule has 1 saturated heterocycles. The zero-order valence-corrected chi connectivity index (χ0v) is 15.4. The lowest BCUT2D eigenvalue weighted by Gasteiger charge is -2.21. The summed E-state index contributed by atoms with van der Waals surface area (Å²) in [5.74, 6) is 0.536. The fourth-order valence-electron chi connectivity index (χ4n) is 4.00. The second-order valence-corrected chi connectivity index (χ2v) is 7.26. The number of hydrogen-bond donors (Lipinski definition) is 0. The number of carbonyl (C=O) groups excluding carboxylic acids is 1. The van der Waals surface area contributed by atoms with Gasteiger partial charge in [-0.05, 0) is 48.3 Å². The van der Waals surface area contributed by atoms with Crippen molar-refractivity contribution in [1.82, 2.24) is 9.47 Å². The summed E-state index contributed by atoms with van der Waals surface area (Å²) >= 11 is 0. The first-order chi connectivity index (χ1) is 13.2. The molecule has 0 bridgehead atoms. The van der Waals surface area contributed by atoms with Crippen LogP contribution in [0.3, 0.4) is 0 Å². The van der Waals surface area contributed by atoms with Crippen LogP contribution in [0.5, 0.6) is 0 Å². The predicted octanol–water partition coefficient (Wildman–Crippen LogP) is 3.80. The number of pyridine rings is 1. The van der Waals surface area contributed by atoms with E-state index in [2.05, 4.69) is 24.3 Å². The highest BCUT2D eigenvalue weighted by Crippen LogP contribution is 2.27. The van der Waals surface area contributed by atoms with E-state index in [-0.39, 0.29) is 18.0 Å². The summed E-state index contributed by atoms with van der Waals surface area (Å²) in [5.41, 5.74) is 1.26. The first-order valence-corrected chi connectivity index (χ1v) is 9.63. The molecule has 4 rings (SSSR count). The molecular formula is C23H24N2O2. The Balaban J connectivity index is 1.46. The quantitative estimate of drug-likeness (QED) is 0.713. The molecule has 138 valence electrons. The van der Waals surface area contributed by atoms with Crippen LogP contribution in [0.15, 0.2) is 71.7 Å². The topological polar surface area (TPSA) is 42.3 Å². The van der Waals surface area contributed by atoms with E-state index in [0.29, 0.717) is 11.3 Å². The fraction of sp³-hybridized carbons (Fsp3) is 0.304. The van der Waals surface area contributed by atoms with Crippen molar-refractivity contribution in [2.24, 2.45) is 0 Å². The van der Waals surface area contributed by atoms with Gasteiger partial charge in [0.2, 0.25) is 5.91 Å². The molecule has 2 aromatic carbocycles. The number of carbonyl (C=O) groups is 1. The van der Waals surface area contributed by atoms with Crippen LogP contribution in [0, 0.1) is 0 Å². The van der Waals surface area contributed by atoms with Crippen LogP contribution in [0.2, 0.25) is 0 Å². The number of rotatable bonds is 3. The third kappa shape index (κ3) is 3.80. The number of hydrogen-bond acceptors (Lipinski definition) is 2. The maximum Gasteiger partial charge on any atom is 0.258 e. The van der Waals surface area contributed by atoms with Crippen molar-refractivity contribution in [3.63, 3.8) is 0 Å². The van der Waals surface area contributed by atoms with Crippen LogP contribution < -0.4 is 5.56 Å². The van der Waals surface area contributed by atoms with E-state index in [0.717, 1.165) is 37.7 Å². The van der Waals surface area contributed by atoms with E-state index >= 15 is 0 Å². The predicted molar refractivity (Wildman–Crippen MR) is 108 cm³/mol. The number of amides is 1. The van der Waals surface area contributed by atoms with E-state index in [1.54, 1.807) is 6.20 Å². The minimum absolute atomic E-state index is 0.0288. The normalized spacial score (nSPS) is 17.6. The SMILES string of the molecule is O=C(Cn1ccc2ccccc2c1=O)N1CCC[C@@H](c2ccccc2)CC1. The largest absolute Gasteiger partial charge is 0.341 e. The Kier molecular flexibility index (Phi) is 5.05. The Bertz CT molecular complexity index is 994. The van der Waals surface area contributed by atoms with Gasteiger partial charge in [-0.3, -0.25) is 9.59 Å². The van der Waals surface area contributed by atoms with Gasteiger partial charge >= 0.3 is 0 Å². The highest BCUT2D eigenvalue weighted by atomic mass is 16.2. The summed E-state index contributed by atoms with van der Waals surface area (Å²) in [6.45, 7) is 1.63. The molecule has 4 heteroatoms. The van der Waals surface area contributed by atoms with E-state index in [1.165, 1.54) is 10.1 Å². The van der Waals surface area contributed by atoms with Gasteiger partial charge in [-0.2, -0.15) is 0 Å². The number of benzene rings is 2. The summed E-state index contributed by atoms with van der Waals surface area (Å²) in [4.78, 5) is 27.4. The average molecular weight is 360 g/mol. The molecule has 1 aliphatic heterocycles. The molecule has 0 unspecified atom stereocenters. The van der Waals surface area contributed by atoms with Gasteiger partial charge in [-0.15, -0.1) is 0 Å². The Morgan fingerprint density at radius 2 is 1.70 bits per heavy atom. The monoisotopic (exact) mass is 360 g/mol. The van der Waals surface area contributed by atoms with E-state index < -0.39 is 0 Å². The summed E-state index contributed by atoms with van der Waals surface area (Å²) in [5, 5.41) is 1.57. The minimum atomic E-state index is -0.0987. The van der Waals surface area contributed by atoms with Gasteiger partial charge < -0.3 is 9.47 Å². The number of nitrogens with zero attached hydrogens (tertiary/aromatic N) is 2. The highest BCUT2D eigenvalue weighted by Gasteiger charge is 2.22. The molecule has 1 atom stereocenters. The zero-order chi connectivity index (χ0) is 18.6. The third-order valence-electron chi connectivity index (χ3n) is 5.54. The highest BCUT2D eigenvalue weighted by molar-refractivity contribution is 5.82. The smallest absolute Gasteiger partial charge is 0.258 e. The van der Waals surface area contributed by atoms with Gasteiger partial charge in [0.05, 0.1) is 0 Å². The van der Waals surface area contributed by atoms with Gasteiger partial charge in [0, 0.05) is 24.7 Å². The first kappa shape index (κ1) is 17.5. The minimum Gasteiger partial charge on any atom is -0.341 e. The Morgan fingerprint density at radius 3 is 2.56 bits per heavy atom. The van der Waals surface area contributed by atoms with Crippen LogP contribution >= 0.6 is 0 Å². The van der Waals surface area contributed by atoms with Gasteiger partial charge in [0.1, 0.15) is 6.54 Å². The standard InChI is InChI=1S/C23H24N2O2/c26-22(17-25-16-13-20-9-4-5-11-21(20)23(25)27)24-14-6-10-19(12-15-24)18-7-2-1-3-8-18/h1-5,7-9,11,13,16,19H,6,10,12,14-15,17H2/t19-/m1/s1. The molecule has 0 aliphatic carbocycles. The second kappa shape index (κ2) is 7.78. The molecule has 0 radical (unpaired) electrons. The van der Waals surface area contributed by atoms with Gasteiger partial charge in [0.25, 0.3) is 5.56 Å². The molecule has 1 aromatic heterocycles. The molecule has 27 heavy (non-hydrogen) atoms. The average Bonchev–Trinajstić information content (AvgIpc) is 2.97. The van der Waals surface area contributed by atoms with Crippen molar-refractivity contribution in [2.75, 3.05) is 13.1 Å². The molecule has 2 heterocycles. The summed E-state index contributed by atoms with van der Waals surface area (Å²) in [6.07, 6.45) is 4.80. The lowest BCUT2D eigenvalue weighted by molar-refractivity contribution is -0.131. The molecule has 0 saturated carbocycles. The van der Waals surface area contributed by atoms with Gasteiger partial charge in [-0.25, -0.2) is 0 Å². The lowest BCUT2D eigenvalue weighted by Crippen LogP contribution is -2.37. The van der Waals surface area contributed by atoms with Crippen molar-refractivity contribution in [1.29, 1.82) is 0 Å². The van der Waals surface area contributed by atoms with Crippen molar-refractivity contribution in [3.05, 3.63) is 82.8 Å². The molecule has 0 spiro atoms. The van der Waals surface area contributed by atoms with Crippen LogP contribution in [-0.2, 0) is 11.3 Å². The van der Waals surface area contributed by atoms with E-state index in [9.17, 15) is 9.59 Å².